The van der Waals surface area contributed by atoms with E-state index in [1.807, 2.05) is 17.2 Å². The van der Waals surface area contributed by atoms with Crippen molar-refractivity contribution in [3.63, 3.8) is 0 Å². The molecule has 0 saturated heterocycles. The van der Waals surface area contributed by atoms with E-state index >= 15 is 0 Å². The van der Waals surface area contributed by atoms with Crippen molar-refractivity contribution in [2.24, 2.45) is 0 Å². The summed E-state index contributed by atoms with van der Waals surface area (Å²) in [5.41, 5.74) is -5.86. The van der Waals surface area contributed by atoms with Crippen LogP contribution in [0.15, 0.2) is 58.1 Å². The molecule has 4 rings (SSSR count). The van der Waals surface area contributed by atoms with Gasteiger partial charge in [-0.3, -0.25) is 23.9 Å². The lowest BCUT2D eigenvalue weighted by Gasteiger charge is -2.30. The number of alkyl halides is 3. The second-order valence-electron chi connectivity index (χ2n) is 9.27. The fourth-order valence-electron chi connectivity index (χ4n) is 4.70. The zero-order valence-corrected chi connectivity index (χ0v) is 22.4. The predicted octanol–water partition coefficient (Wildman–Crippen LogP) is 3.04. The van der Waals surface area contributed by atoms with Crippen LogP contribution in [0.1, 0.15) is 37.0 Å². The summed E-state index contributed by atoms with van der Waals surface area (Å²) in [6, 6.07) is 13.6. The van der Waals surface area contributed by atoms with Gasteiger partial charge in [-0.15, -0.1) is 0 Å². The summed E-state index contributed by atoms with van der Waals surface area (Å²) in [4.78, 5) is 53.1. The average Bonchev–Trinajstić information content (AvgIpc) is 3.22. The minimum absolute atomic E-state index is 0.108. The van der Waals surface area contributed by atoms with E-state index in [1.165, 1.54) is 0 Å². The van der Waals surface area contributed by atoms with Gasteiger partial charge in [-0.05, 0) is 49.9 Å². The molecule has 0 spiro atoms. The molecule has 2 amide bonds. The summed E-state index contributed by atoms with van der Waals surface area (Å²) in [6.45, 7) is 4.17. The van der Waals surface area contributed by atoms with Crippen LogP contribution < -0.4 is 31.4 Å². The number of aromatic nitrogens is 2. The Morgan fingerprint density at radius 1 is 0.951 bits per heavy atom. The molecule has 13 heteroatoms. The SMILES string of the molecule is CCOc1ccc(CCn2c3c(c(=O)[nH]c2=O)C(NC(=O)CCc2ccccc2)(C(F)(F)F)C(=O)N3)cc1OCC. The molecule has 41 heavy (non-hydrogen) atoms. The number of carbonyl (C=O) groups is 2. The second-order valence-corrected chi connectivity index (χ2v) is 9.27. The topological polar surface area (TPSA) is 132 Å². The van der Waals surface area contributed by atoms with Crippen LogP contribution in [0.25, 0.3) is 0 Å². The Labute approximate surface area is 232 Å². The molecule has 1 aliphatic rings. The number of rotatable bonds is 11. The number of hydrogen-bond donors (Lipinski definition) is 3. The number of H-pyrrole nitrogens is 1. The van der Waals surface area contributed by atoms with Crippen molar-refractivity contribution in [3.8, 4) is 11.5 Å². The Morgan fingerprint density at radius 3 is 2.29 bits per heavy atom. The molecule has 3 N–H and O–H groups in total. The van der Waals surface area contributed by atoms with Gasteiger partial charge in [0.25, 0.3) is 11.5 Å². The zero-order valence-electron chi connectivity index (χ0n) is 22.4. The maximum atomic E-state index is 14.6. The lowest BCUT2D eigenvalue weighted by atomic mass is 9.91. The Bertz CT molecular complexity index is 1550. The maximum Gasteiger partial charge on any atom is 0.425 e. The summed E-state index contributed by atoms with van der Waals surface area (Å²) in [5.74, 6) is -2.44. The van der Waals surface area contributed by atoms with E-state index in [0.717, 1.165) is 4.57 Å². The smallest absolute Gasteiger partial charge is 0.425 e. The molecule has 0 fully saturated rings. The molecule has 0 bridgehead atoms. The monoisotopic (exact) mass is 574 g/mol. The van der Waals surface area contributed by atoms with Crippen LogP contribution in [0.2, 0.25) is 0 Å². The van der Waals surface area contributed by atoms with Crippen LogP contribution in [0.5, 0.6) is 11.5 Å². The molecule has 1 atom stereocenters. The van der Waals surface area contributed by atoms with E-state index in [-0.39, 0.29) is 25.8 Å². The highest BCUT2D eigenvalue weighted by Crippen LogP contribution is 2.45. The molecule has 0 radical (unpaired) electrons. The van der Waals surface area contributed by atoms with Crippen LogP contribution in [-0.2, 0) is 34.5 Å². The van der Waals surface area contributed by atoms with E-state index in [0.29, 0.717) is 35.8 Å². The van der Waals surface area contributed by atoms with Gasteiger partial charge >= 0.3 is 11.9 Å². The van der Waals surface area contributed by atoms with Crippen molar-refractivity contribution in [3.05, 3.63) is 86.1 Å². The Kier molecular flexibility index (Phi) is 8.55. The zero-order chi connectivity index (χ0) is 29.8. The number of amides is 2. The van der Waals surface area contributed by atoms with Crippen LogP contribution >= 0.6 is 0 Å². The first-order valence-corrected chi connectivity index (χ1v) is 13.0. The van der Waals surface area contributed by atoms with Gasteiger partial charge in [-0.2, -0.15) is 13.2 Å². The quantitative estimate of drug-likeness (QED) is 0.323. The molecule has 1 unspecified atom stereocenters. The molecule has 1 aliphatic heterocycles. The minimum Gasteiger partial charge on any atom is -0.490 e. The van der Waals surface area contributed by atoms with Gasteiger partial charge in [-0.1, -0.05) is 36.4 Å². The number of anilines is 1. The van der Waals surface area contributed by atoms with Crippen LogP contribution in [-0.4, -0.2) is 40.8 Å². The number of fused-ring (bicyclic) bond motifs is 1. The Morgan fingerprint density at radius 2 is 1.63 bits per heavy atom. The lowest BCUT2D eigenvalue weighted by molar-refractivity contribution is -0.200. The summed E-state index contributed by atoms with van der Waals surface area (Å²) in [5, 5.41) is 3.81. The number of aromatic amines is 1. The molecular formula is C28H29F3N4O6. The van der Waals surface area contributed by atoms with Crippen LogP contribution in [0.4, 0.5) is 19.0 Å². The van der Waals surface area contributed by atoms with Crippen molar-refractivity contribution in [1.82, 2.24) is 14.9 Å². The highest BCUT2D eigenvalue weighted by molar-refractivity contribution is 6.07. The molecule has 10 nitrogen and oxygen atoms in total. The fourth-order valence-corrected chi connectivity index (χ4v) is 4.70. The third-order valence-corrected chi connectivity index (χ3v) is 6.61. The molecular weight excluding hydrogens is 545 g/mol. The molecule has 0 saturated carbocycles. The van der Waals surface area contributed by atoms with Gasteiger partial charge in [0.15, 0.2) is 11.5 Å². The van der Waals surface area contributed by atoms with E-state index in [2.05, 4.69) is 0 Å². The van der Waals surface area contributed by atoms with E-state index in [1.54, 1.807) is 60.8 Å². The summed E-state index contributed by atoms with van der Waals surface area (Å²) < 4.78 is 55.8. The van der Waals surface area contributed by atoms with Crippen molar-refractivity contribution in [2.75, 3.05) is 18.5 Å². The summed E-state index contributed by atoms with van der Waals surface area (Å²) in [6.07, 6.45) is -5.54. The molecule has 1 aromatic heterocycles. The third kappa shape index (κ3) is 5.83. The standard InChI is InChI=1S/C28H29F3N4O6/c1-3-40-19-12-10-18(16-20(19)41-4-2)14-15-35-23-22(24(37)33-26(35)39)27(25(38)32-23,28(29,30)31)34-21(36)13-11-17-8-6-5-7-9-17/h5-10,12,16H,3-4,11,13-15H2,1-2H3,(H,32,38)(H,34,36)(H,33,37,39). The highest BCUT2D eigenvalue weighted by atomic mass is 19.4. The first kappa shape index (κ1) is 29.4. The Hall–Kier alpha value is -4.55. The lowest BCUT2D eigenvalue weighted by Crippen LogP contribution is -2.62. The van der Waals surface area contributed by atoms with E-state index in [4.69, 9.17) is 9.47 Å². The summed E-state index contributed by atoms with van der Waals surface area (Å²) in [7, 11) is 0. The number of halogens is 3. The average molecular weight is 575 g/mol. The first-order valence-electron chi connectivity index (χ1n) is 13.0. The molecule has 2 aromatic carbocycles. The molecule has 2 heterocycles. The number of benzene rings is 2. The first-order chi connectivity index (χ1) is 19.5. The van der Waals surface area contributed by atoms with Crippen LogP contribution in [0.3, 0.4) is 0 Å². The third-order valence-electron chi connectivity index (χ3n) is 6.61. The summed E-state index contributed by atoms with van der Waals surface area (Å²) >= 11 is 0. The van der Waals surface area contributed by atoms with Gasteiger partial charge in [0, 0.05) is 13.0 Å². The van der Waals surface area contributed by atoms with E-state index < -0.39 is 46.2 Å². The second kappa shape index (κ2) is 11.9. The maximum absolute atomic E-state index is 14.6. The fraction of sp³-hybridized carbons (Fsp3) is 0.357. The van der Waals surface area contributed by atoms with Crippen molar-refractivity contribution >= 4 is 17.6 Å². The predicted molar refractivity (Wildman–Crippen MR) is 143 cm³/mol. The minimum atomic E-state index is -5.40. The number of aryl methyl sites for hydroxylation is 2. The van der Waals surface area contributed by atoms with Gasteiger partial charge in [0.1, 0.15) is 11.4 Å². The molecule has 0 aliphatic carbocycles. The number of carbonyl (C=O) groups excluding carboxylic acids is 2. The van der Waals surface area contributed by atoms with Crippen molar-refractivity contribution in [2.45, 2.75) is 51.4 Å². The van der Waals surface area contributed by atoms with Gasteiger partial charge in [0.2, 0.25) is 11.4 Å². The molecule has 3 aromatic rings. The van der Waals surface area contributed by atoms with Gasteiger partial charge < -0.3 is 20.1 Å². The number of nitrogens with zero attached hydrogens (tertiary/aromatic N) is 1. The normalized spacial score (nSPS) is 16.2. The Balaban J connectivity index is 1.67. The van der Waals surface area contributed by atoms with Crippen molar-refractivity contribution < 1.29 is 32.2 Å². The number of hydrogen-bond acceptors (Lipinski definition) is 6. The van der Waals surface area contributed by atoms with E-state index in [9.17, 15) is 32.3 Å². The molecule has 218 valence electrons. The van der Waals surface area contributed by atoms with Gasteiger partial charge in [-0.25, -0.2) is 4.79 Å². The largest absolute Gasteiger partial charge is 0.490 e. The van der Waals surface area contributed by atoms with Crippen molar-refractivity contribution in [1.29, 1.82) is 0 Å². The number of nitrogens with one attached hydrogen (secondary N) is 3. The number of ether oxygens (including phenoxy) is 2. The van der Waals surface area contributed by atoms with Crippen LogP contribution in [0, 0.1) is 0 Å². The highest BCUT2D eigenvalue weighted by Gasteiger charge is 2.68. The van der Waals surface area contributed by atoms with Gasteiger partial charge in [0.05, 0.1) is 13.2 Å².